The van der Waals surface area contributed by atoms with Crippen LogP contribution in [0.1, 0.15) is 11.5 Å². The highest BCUT2D eigenvalue weighted by Crippen LogP contribution is 2.17. The molecule has 0 radical (unpaired) electrons. The van der Waals surface area contributed by atoms with Gasteiger partial charge in [0.1, 0.15) is 10.7 Å². The van der Waals surface area contributed by atoms with Crippen LogP contribution in [0.4, 0.5) is 11.6 Å². The predicted octanol–water partition coefficient (Wildman–Crippen LogP) is 2.50. The molecule has 0 bridgehead atoms. The molecule has 6 heteroatoms. The van der Waals surface area contributed by atoms with Crippen molar-refractivity contribution in [2.75, 3.05) is 5.32 Å². The number of nitrogens with zero attached hydrogens (tertiary/aromatic N) is 2. The maximum atomic E-state index is 10.4. The third-order valence-corrected chi connectivity index (χ3v) is 2.29. The molecule has 0 amide bonds. The highest BCUT2D eigenvalue weighted by molar-refractivity contribution is 5.46. The third kappa shape index (κ3) is 2.60. The molecule has 0 aliphatic rings. The van der Waals surface area contributed by atoms with Crippen LogP contribution in [0.25, 0.3) is 0 Å². The lowest BCUT2D eigenvalue weighted by molar-refractivity contribution is -0.402. The number of hydrogen-bond donors (Lipinski definition) is 1. The maximum absolute atomic E-state index is 10.4. The van der Waals surface area contributed by atoms with Crippen LogP contribution in [0.5, 0.6) is 0 Å². The van der Waals surface area contributed by atoms with Crippen molar-refractivity contribution < 1.29 is 9.34 Å². The number of nitrogens with one attached hydrogen (secondary N) is 1. The molecule has 2 aromatic heterocycles. The zero-order valence-electron chi connectivity index (χ0n) is 9.21. The molecule has 0 fully saturated rings. The molecular weight excluding hydrogens is 222 g/mol. The molecule has 0 aliphatic heterocycles. The summed E-state index contributed by atoms with van der Waals surface area (Å²) in [5.74, 6) is 0.268. The minimum Gasteiger partial charge on any atom is -0.404 e. The summed E-state index contributed by atoms with van der Waals surface area (Å²) in [6.07, 6.45) is 1.71. The minimum atomic E-state index is -0.557. The Hall–Kier alpha value is -2.37. The Morgan fingerprint density at radius 2 is 2.29 bits per heavy atom. The first-order valence-electron chi connectivity index (χ1n) is 5.05. The summed E-state index contributed by atoms with van der Waals surface area (Å²) in [6, 6.07) is 6.63. The molecule has 0 aliphatic carbocycles. The maximum Gasteiger partial charge on any atom is 0.433 e. The van der Waals surface area contributed by atoms with Crippen molar-refractivity contribution in [1.82, 2.24) is 4.98 Å². The van der Waals surface area contributed by atoms with Gasteiger partial charge < -0.3 is 9.73 Å². The summed E-state index contributed by atoms with van der Waals surface area (Å²) < 4.78 is 5.02. The van der Waals surface area contributed by atoms with Crippen molar-refractivity contribution in [2.45, 2.75) is 13.5 Å². The van der Waals surface area contributed by atoms with E-state index in [1.807, 2.05) is 19.1 Å². The zero-order valence-corrected chi connectivity index (χ0v) is 9.21. The number of aryl methyl sites for hydroxylation is 1. The summed E-state index contributed by atoms with van der Waals surface area (Å²) in [4.78, 5) is 14.0. The second kappa shape index (κ2) is 4.65. The Labute approximate surface area is 97.4 Å². The molecule has 0 saturated carbocycles. The van der Waals surface area contributed by atoms with E-state index in [2.05, 4.69) is 10.3 Å². The Morgan fingerprint density at radius 3 is 2.94 bits per heavy atom. The number of aromatic nitrogens is 1. The van der Waals surface area contributed by atoms with Crippen LogP contribution in [0.2, 0.25) is 0 Å². The van der Waals surface area contributed by atoms with Crippen molar-refractivity contribution in [2.24, 2.45) is 0 Å². The largest absolute Gasteiger partial charge is 0.433 e. The Kier molecular flexibility index (Phi) is 3.04. The van der Waals surface area contributed by atoms with E-state index < -0.39 is 4.92 Å². The molecule has 1 N–H and O–H groups in total. The first-order chi connectivity index (χ1) is 8.16. The smallest absolute Gasteiger partial charge is 0.404 e. The van der Waals surface area contributed by atoms with Crippen LogP contribution in [0.15, 0.2) is 34.9 Å². The lowest BCUT2D eigenvalue weighted by Gasteiger charge is -2.05. The van der Waals surface area contributed by atoms with Crippen LogP contribution in [0, 0.1) is 17.0 Å². The normalized spacial score (nSPS) is 10.2. The van der Waals surface area contributed by atoms with Crippen LogP contribution in [-0.4, -0.2) is 9.91 Å². The molecule has 0 unspecified atom stereocenters. The van der Waals surface area contributed by atoms with Gasteiger partial charge in [0.2, 0.25) is 0 Å². The first-order valence-corrected chi connectivity index (χ1v) is 5.05. The van der Waals surface area contributed by atoms with Gasteiger partial charge >= 0.3 is 5.88 Å². The second-order valence-corrected chi connectivity index (χ2v) is 3.49. The van der Waals surface area contributed by atoms with Gasteiger partial charge in [-0.15, -0.1) is 0 Å². The van der Waals surface area contributed by atoms with E-state index in [9.17, 15) is 10.1 Å². The van der Waals surface area contributed by atoms with Crippen molar-refractivity contribution in [3.05, 3.63) is 52.0 Å². The van der Waals surface area contributed by atoms with Gasteiger partial charge in [-0.05, 0) is 25.1 Å². The molecule has 2 aromatic rings. The van der Waals surface area contributed by atoms with Crippen molar-refractivity contribution in [3.63, 3.8) is 0 Å². The SMILES string of the molecule is Cc1ncccc1NCc1ccc([N+](=O)[O-])o1. The minimum absolute atomic E-state index is 0.246. The molecule has 0 atom stereocenters. The Balaban J connectivity index is 2.02. The standard InChI is InChI=1S/C11H11N3O3/c1-8-10(3-2-6-12-8)13-7-9-4-5-11(17-9)14(15)16/h2-6,13H,7H2,1H3. The highest BCUT2D eigenvalue weighted by Gasteiger charge is 2.11. The highest BCUT2D eigenvalue weighted by atomic mass is 16.6. The zero-order chi connectivity index (χ0) is 12.3. The molecular formula is C11H11N3O3. The van der Waals surface area contributed by atoms with E-state index >= 15 is 0 Å². The average molecular weight is 233 g/mol. The molecule has 0 saturated heterocycles. The number of pyridine rings is 1. The van der Waals surface area contributed by atoms with Gasteiger partial charge in [-0.1, -0.05) is 0 Å². The summed E-state index contributed by atoms with van der Waals surface area (Å²) in [5.41, 5.74) is 1.75. The molecule has 2 heterocycles. The van der Waals surface area contributed by atoms with Gasteiger partial charge in [0, 0.05) is 6.20 Å². The van der Waals surface area contributed by atoms with Crippen LogP contribution in [-0.2, 0) is 6.54 Å². The van der Waals surface area contributed by atoms with E-state index in [1.165, 1.54) is 6.07 Å². The van der Waals surface area contributed by atoms with Crippen LogP contribution >= 0.6 is 0 Å². The molecule has 17 heavy (non-hydrogen) atoms. The first kappa shape index (κ1) is 11.1. The number of hydrogen-bond acceptors (Lipinski definition) is 5. The molecule has 88 valence electrons. The van der Waals surface area contributed by atoms with Gasteiger partial charge in [0.25, 0.3) is 0 Å². The van der Waals surface area contributed by atoms with E-state index in [-0.39, 0.29) is 5.88 Å². The summed E-state index contributed by atoms with van der Waals surface area (Å²) in [7, 11) is 0. The fraction of sp³-hybridized carbons (Fsp3) is 0.182. The number of rotatable bonds is 4. The number of furan rings is 1. The van der Waals surface area contributed by atoms with E-state index in [0.29, 0.717) is 12.3 Å². The van der Waals surface area contributed by atoms with Crippen molar-refractivity contribution in [3.8, 4) is 0 Å². The third-order valence-electron chi connectivity index (χ3n) is 2.29. The molecule has 2 rings (SSSR count). The molecule has 6 nitrogen and oxygen atoms in total. The van der Waals surface area contributed by atoms with Gasteiger partial charge in [0.05, 0.1) is 24.0 Å². The van der Waals surface area contributed by atoms with Gasteiger partial charge in [-0.2, -0.15) is 0 Å². The number of anilines is 1. The van der Waals surface area contributed by atoms with Crippen molar-refractivity contribution >= 4 is 11.6 Å². The lowest BCUT2D eigenvalue weighted by Crippen LogP contribution is -2.00. The van der Waals surface area contributed by atoms with Gasteiger partial charge in [0.15, 0.2) is 0 Å². The van der Waals surface area contributed by atoms with Gasteiger partial charge in [-0.3, -0.25) is 15.1 Å². The molecule has 0 aromatic carbocycles. The van der Waals surface area contributed by atoms with E-state index in [0.717, 1.165) is 11.4 Å². The number of nitro groups is 1. The summed E-state index contributed by atoms with van der Waals surface area (Å²) in [6.45, 7) is 2.27. The topological polar surface area (TPSA) is 81.2 Å². The van der Waals surface area contributed by atoms with Crippen LogP contribution in [0.3, 0.4) is 0 Å². The summed E-state index contributed by atoms with van der Waals surface area (Å²) in [5, 5.41) is 13.5. The van der Waals surface area contributed by atoms with Crippen LogP contribution < -0.4 is 5.32 Å². The van der Waals surface area contributed by atoms with Crippen molar-refractivity contribution in [1.29, 1.82) is 0 Å². The van der Waals surface area contributed by atoms with E-state index in [4.69, 9.17) is 4.42 Å². The Bertz CT molecular complexity index is 536. The fourth-order valence-corrected chi connectivity index (χ4v) is 1.41. The van der Waals surface area contributed by atoms with Gasteiger partial charge in [-0.25, -0.2) is 0 Å². The second-order valence-electron chi connectivity index (χ2n) is 3.49. The predicted molar refractivity (Wildman–Crippen MR) is 61.7 cm³/mol. The quantitative estimate of drug-likeness (QED) is 0.648. The molecule has 0 spiro atoms. The Morgan fingerprint density at radius 1 is 1.47 bits per heavy atom. The van der Waals surface area contributed by atoms with E-state index in [1.54, 1.807) is 12.3 Å². The fourth-order valence-electron chi connectivity index (χ4n) is 1.41. The monoisotopic (exact) mass is 233 g/mol. The average Bonchev–Trinajstić information content (AvgIpc) is 2.77. The lowest BCUT2D eigenvalue weighted by atomic mass is 10.3. The summed E-state index contributed by atoms with van der Waals surface area (Å²) >= 11 is 0.